The lowest BCUT2D eigenvalue weighted by Gasteiger charge is -2.30. The van der Waals surface area contributed by atoms with Crippen LogP contribution < -0.4 is 92.1 Å². The number of carboxylic acids is 2. The number of carbonyl (C=O) groups excluding carboxylic acids is 14. The molecule has 650 valence electrons. The molecule has 18 atom stereocenters. The van der Waals surface area contributed by atoms with E-state index in [1.807, 2.05) is 0 Å². The zero-order valence-electron chi connectivity index (χ0n) is 66.4. The van der Waals surface area contributed by atoms with Gasteiger partial charge < -0.3 is 127 Å². The molecule has 115 heavy (non-hydrogen) atoms. The number of rotatable bonds is 55. The second-order valence-corrected chi connectivity index (χ2v) is 30.2. The Kier molecular flexibility index (Phi) is 47.1. The van der Waals surface area contributed by atoms with Crippen molar-refractivity contribution in [3.63, 3.8) is 0 Å². The van der Waals surface area contributed by atoms with E-state index in [0.29, 0.717) is 25.0 Å². The number of nitrogens with one attached hydrogen (secondary N) is 14. The number of carbonyl (C=O) groups is 16. The number of aliphatic hydroxyl groups is 3. The zero-order valence-corrected chi connectivity index (χ0v) is 69.0. The van der Waals surface area contributed by atoms with Crippen molar-refractivity contribution >= 4 is 138 Å². The Labute approximate surface area is 682 Å². The van der Waals surface area contributed by atoms with E-state index in [1.54, 1.807) is 47.8 Å². The third-order valence-corrected chi connectivity index (χ3v) is 20.1. The number of thiol groups is 2. The summed E-state index contributed by atoms with van der Waals surface area (Å²) in [4.78, 5) is 230. The first-order chi connectivity index (χ1) is 54.2. The van der Waals surface area contributed by atoms with E-state index in [0.717, 1.165) is 18.7 Å². The third-order valence-electron chi connectivity index (χ3n) is 18.8. The van der Waals surface area contributed by atoms with E-state index in [2.05, 4.69) is 109 Å². The number of amides is 14. The molecule has 0 bridgehead atoms. The summed E-state index contributed by atoms with van der Waals surface area (Å²) in [6, 6.07) is -20.7. The number of aliphatic hydroxyl groups excluding tert-OH is 3. The maximum absolute atomic E-state index is 14.5. The van der Waals surface area contributed by atoms with Gasteiger partial charge in [-0.15, -0.1) is 0 Å². The Morgan fingerprint density at radius 1 is 0.583 bits per heavy atom. The van der Waals surface area contributed by atoms with E-state index in [9.17, 15) is 97.1 Å². The number of unbranched alkanes of at least 4 members (excludes halogenated alkanes) is 1. The maximum Gasteiger partial charge on any atom is 0.326 e. The number of hydrogen-bond acceptors (Lipinski definition) is 26. The van der Waals surface area contributed by atoms with Gasteiger partial charge in [0, 0.05) is 49.3 Å². The predicted molar refractivity (Wildman–Crippen MR) is 428 cm³/mol. The molecule has 1 aromatic heterocycles. The summed E-state index contributed by atoms with van der Waals surface area (Å²) in [5.41, 5.74) is 23.1. The molecule has 1 saturated heterocycles. The fraction of sp³-hybridized carbons (Fsp3) is 0.714. The minimum absolute atomic E-state index is 0.0133. The zero-order chi connectivity index (χ0) is 86.9. The van der Waals surface area contributed by atoms with Crippen LogP contribution in [0, 0.1) is 17.8 Å². The van der Waals surface area contributed by atoms with Crippen LogP contribution in [0.5, 0.6) is 0 Å². The summed E-state index contributed by atoms with van der Waals surface area (Å²) >= 11 is 9.91. The maximum atomic E-state index is 14.5. The van der Waals surface area contributed by atoms with Crippen LogP contribution in [0.1, 0.15) is 145 Å². The first-order valence-corrected chi connectivity index (χ1v) is 40.7. The van der Waals surface area contributed by atoms with Crippen LogP contribution in [-0.4, -0.2) is 294 Å². The smallest absolute Gasteiger partial charge is 0.326 e. The molecule has 0 aromatic carbocycles. The van der Waals surface area contributed by atoms with Crippen LogP contribution in [0.2, 0.25) is 0 Å². The van der Waals surface area contributed by atoms with Gasteiger partial charge in [0.1, 0.15) is 78.5 Å². The molecular formula is C70H121N21O21S3. The van der Waals surface area contributed by atoms with E-state index in [1.165, 1.54) is 24.3 Å². The van der Waals surface area contributed by atoms with Crippen LogP contribution in [0.25, 0.3) is 0 Å². The van der Waals surface area contributed by atoms with Gasteiger partial charge >= 0.3 is 11.9 Å². The summed E-state index contributed by atoms with van der Waals surface area (Å²) in [6.07, 6.45) is 1.78. The molecule has 45 heteroatoms. The molecule has 1 aromatic rings. The summed E-state index contributed by atoms with van der Waals surface area (Å²) < 4.78 is 0. The van der Waals surface area contributed by atoms with Gasteiger partial charge in [-0.1, -0.05) is 54.4 Å². The largest absolute Gasteiger partial charge is 0.481 e. The molecule has 27 N–H and O–H groups in total. The van der Waals surface area contributed by atoms with E-state index in [4.69, 9.17) is 28.0 Å². The van der Waals surface area contributed by atoms with Crippen LogP contribution in [-0.2, 0) is 83.1 Å². The first-order valence-electron chi connectivity index (χ1n) is 38.1. The molecule has 0 unspecified atom stereocenters. The molecule has 14 amide bonds. The summed E-state index contributed by atoms with van der Waals surface area (Å²) in [5.74, 6) is -18.0. The van der Waals surface area contributed by atoms with Crippen molar-refractivity contribution in [3.8, 4) is 0 Å². The van der Waals surface area contributed by atoms with E-state index in [-0.39, 0.29) is 113 Å². The highest BCUT2D eigenvalue weighted by molar-refractivity contribution is 7.98. The number of H-pyrrole nitrogens is 1. The number of aromatic amines is 1. The molecule has 0 spiro atoms. The number of aliphatic carboxylic acids is 2. The Hall–Kier alpha value is -9.15. The van der Waals surface area contributed by atoms with Gasteiger partial charge in [0.25, 0.3) is 0 Å². The van der Waals surface area contributed by atoms with Crippen molar-refractivity contribution in [2.45, 2.75) is 242 Å². The van der Waals surface area contributed by atoms with Gasteiger partial charge in [-0.2, -0.15) is 37.0 Å². The van der Waals surface area contributed by atoms with Gasteiger partial charge in [-0.3, -0.25) is 76.9 Å². The third kappa shape index (κ3) is 35.9. The Morgan fingerprint density at radius 3 is 1.52 bits per heavy atom. The second kappa shape index (κ2) is 53.2. The topological polar surface area (TPSA) is 679 Å². The molecule has 1 aliphatic heterocycles. The van der Waals surface area contributed by atoms with Crippen LogP contribution >= 0.6 is 37.0 Å². The molecule has 0 aliphatic carbocycles. The monoisotopic (exact) mass is 1690 g/mol. The number of likely N-dealkylation sites (tertiary alicyclic amines) is 1. The fourth-order valence-corrected chi connectivity index (χ4v) is 12.7. The van der Waals surface area contributed by atoms with Crippen LogP contribution in [0.4, 0.5) is 0 Å². The number of thioether (sulfide) groups is 1. The van der Waals surface area contributed by atoms with Gasteiger partial charge in [-0.25, -0.2) is 9.78 Å². The molecule has 1 aliphatic rings. The van der Waals surface area contributed by atoms with Gasteiger partial charge in [0.15, 0.2) is 5.96 Å². The number of carboxylic acid groups (broad SMARTS) is 2. The molecule has 2 rings (SSSR count). The highest BCUT2D eigenvalue weighted by Gasteiger charge is 2.42. The lowest BCUT2D eigenvalue weighted by atomic mass is 9.97. The number of hydrogen-bond donors (Lipinski definition) is 25. The fourth-order valence-electron chi connectivity index (χ4n) is 11.7. The molecule has 0 radical (unpaired) electrons. The minimum Gasteiger partial charge on any atom is -0.481 e. The number of nitrogens with zero attached hydrogens (tertiary/aromatic N) is 3. The van der Waals surface area contributed by atoms with Crippen LogP contribution in [0.3, 0.4) is 0 Å². The molecule has 1 fully saturated rings. The standard InChI is InChI=1S/C70H121N21O21S3/c1-10-35(5)52(64(106)83-45(27-39-28-75-33-78-39)68(110)91-24-15-18-49(91)69(111)112)87-50(95)29-77-57(99)46(30-92)84-66(108)54(37(7)93)90-67(109)55(38(8)94)89-60(102)41(16-12-13-22-71)81-65(107)53(36(6)11-2)88-63(105)48(32-114)86-59(101)43(21-25-115-9)80-62(104)47(31-113)85-58(100)42(17-14-23-76-70(73)74)79-61(103)44(26-34(3)4)82-56(98)40(72)19-20-51(96)97/h28,33-38,40-49,52-55,92-94,113-114H,10-27,29-32,71-72H2,1-9H3,(H,75,78)(H,77,99)(H,79,103)(H,80,104)(H,81,107)(H,82,98)(H,83,106)(H,84,108)(H,85,100)(H,86,101)(H,87,95)(H,88,105)(H,89,102)(H,90,109)(H,96,97)(H,111,112)(H4,73,74,76)/t35-,36-,37+,38+,40-,41-,42-,43-,44-,45-,46-,47-,48-,49-,52-,53-,54-,55-/m0/s1. The Morgan fingerprint density at radius 2 is 1.03 bits per heavy atom. The number of imidazole rings is 1. The van der Waals surface area contributed by atoms with Crippen molar-refractivity contribution in [3.05, 3.63) is 18.2 Å². The number of nitrogens with two attached hydrogens (primary N) is 4. The van der Waals surface area contributed by atoms with E-state index >= 15 is 0 Å². The molecule has 2 heterocycles. The lowest BCUT2D eigenvalue weighted by Crippen LogP contribution is -2.63. The van der Waals surface area contributed by atoms with Gasteiger partial charge in [0.05, 0.1) is 37.7 Å². The lowest BCUT2D eigenvalue weighted by molar-refractivity contribution is -0.149. The molecular weight excluding hydrogens is 1570 g/mol. The van der Waals surface area contributed by atoms with Crippen LogP contribution in [0.15, 0.2) is 17.5 Å². The average Bonchev–Trinajstić information content (AvgIpc) is 1.74. The van der Waals surface area contributed by atoms with Crippen molar-refractivity contribution in [2.24, 2.45) is 45.7 Å². The predicted octanol–water partition coefficient (Wildman–Crippen LogP) is -7.16. The minimum atomic E-state index is -1.97. The van der Waals surface area contributed by atoms with Gasteiger partial charge in [-0.05, 0) is 114 Å². The molecule has 0 saturated carbocycles. The Bertz CT molecular complexity index is 3420. The first kappa shape index (κ1) is 102. The number of aliphatic imine (C=N–C) groups is 1. The summed E-state index contributed by atoms with van der Waals surface area (Å²) in [7, 11) is 0. The van der Waals surface area contributed by atoms with Crippen molar-refractivity contribution < 1.29 is 102 Å². The normalized spacial score (nSPS) is 17.0. The van der Waals surface area contributed by atoms with E-state index < -0.39 is 223 Å². The van der Waals surface area contributed by atoms with Crippen molar-refractivity contribution in [1.82, 2.24) is 84.0 Å². The summed E-state index contributed by atoms with van der Waals surface area (Å²) in [6.45, 7) is 10.6. The summed E-state index contributed by atoms with van der Waals surface area (Å²) in [5, 5.41) is 83.1. The SMILES string of the molecule is CC[C@H](C)[C@H](NC(=O)CNC(=O)[C@H](CO)NC(=O)[C@@H](NC(=O)[C@@H](NC(=O)[C@H](CCCCN)NC(=O)[C@@H](NC(=O)[C@H](CS)NC(=O)[C@H](CCSC)NC(=O)[C@H](CS)NC(=O)[C@H](CCCN=C(N)N)NC(=O)[C@H](CC(C)C)NC(=O)[C@@H](N)CCC(=O)O)[C@@H](C)CC)[C@@H](C)O)[C@@H](C)O)C(=O)N[C@@H](Cc1cnc[nH]1)C(=O)N1CCC[C@H]1C(=O)O. The highest BCUT2D eigenvalue weighted by Crippen LogP contribution is 2.21. The van der Waals surface area contributed by atoms with Crippen molar-refractivity contribution in [1.29, 1.82) is 0 Å². The Balaban J connectivity index is 2.31. The molecule has 42 nitrogen and oxygen atoms in total. The highest BCUT2D eigenvalue weighted by atomic mass is 32.2. The second-order valence-electron chi connectivity index (χ2n) is 28.5. The quantitative estimate of drug-likeness (QED) is 0.0125. The van der Waals surface area contributed by atoms with Crippen molar-refractivity contribution in [2.75, 3.05) is 56.3 Å². The number of aromatic nitrogens is 2. The number of guanidine groups is 1. The average molecular weight is 1690 g/mol. The van der Waals surface area contributed by atoms with Gasteiger partial charge in [0.2, 0.25) is 82.7 Å².